The fourth-order valence-corrected chi connectivity index (χ4v) is 9.87. The molecule has 0 bridgehead atoms. The van der Waals surface area contributed by atoms with Gasteiger partial charge in [0.25, 0.3) is 0 Å². The topological polar surface area (TPSA) is 3.24 Å². The molecule has 1 heteroatoms. The lowest BCUT2D eigenvalue weighted by Crippen LogP contribution is -2.10. The first-order valence-corrected chi connectivity index (χ1v) is 24.9. The van der Waals surface area contributed by atoms with Gasteiger partial charge in [0, 0.05) is 17.1 Å². The van der Waals surface area contributed by atoms with Gasteiger partial charge in [-0.2, -0.15) is 0 Å². The summed E-state index contributed by atoms with van der Waals surface area (Å²) < 4.78 is 0. The second-order valence-electron chi connectivity index (χ2n) is 18.2. The Morgan fingerprint density at radius 2 is 0.534 bits per heavy atom. The lowest BCUT2D eigenvalue weighted by Gasteiger charge is -2.28. The number of anilines is 3. The molecule has 0 unspecified atom stereocenters. The van der Waals surface area contributed by atoms with E-state index in [9.17, 15) is 0 Å². The van der Waals surface area contributed by atoms with Gasteiger partial charge < -0.3 is 4.90 Å². The summed E-state index contributed by atoms with van der Waals surface area (Å²) in [7, 11) is 0. The van der Waals surface area contributed by atoms with Crippen molar-refractivity contribution in [3.8, 4) is 89.0 Å². The Balaban J connectivity index is 1.09. The van der Waals surface area contributed by atoms with E-state index in [1.165, 1.54) is 44.5 Å². The van der Waals surface area contributed by atoms with Gasteiger partial charge in [-0.3, -0.25) is 0 Å². The van der Waals surface area contributed by atoms with Gasteiger partial charge in [0.05, 0.1) is 0 Å². The van der Waals surface area contributed by atoms with Crippen molar-refractivity contribution in [3.05, 3.63) is 316 Å². The highest BCUT2D eigenvalue weighted by molar-refractivity contribution is 5.93. The van der Waals surface area contributed by atoms with Crippen LogP contribution >= 0.6 is 0 Å². The van der Waals surface area contributed by atoms with Crippen LogP contribution in [-0.4, -0.2) is 0 Å². The fraction of sp³-hybridized carbons (Fsp3) is 0. The van der Waals surface area contributed by atoms with Gasteiger partial charge in [0.2, 0.25) is 0 Å². The van der Waals surface area contributed by atoms with Gasteiger partial charge >= 0.3 is 0 Å². The molecule has 0 atom stereocenters. The molecular weight excluding hydrogens is 879 g/mol. The van der Waals surface area contributed by atoms with E-state index in [1.807, 2.05) is 18.2 Å². The summed E-state index contributed by atoms with van der Waals surface area (Å²) in [5, 5.41) is 0. The zero-order valence-corrected chi connectivity index (χ0v) is 40.7. The van der Waals surface area contributed by atoms with E-state index in [0.29, 0.717) is 0 Å². The SMILES string of the molecule is C=C/C=C(\C=C)c1ccc(-c2ccc(N(c3ccc(-c4ccccc4)cc3)c3ccc(-c4ccc(-c5ccccc5)cc4)c(-c4ccc(-c5ccccc5)cc4)c3)cc2-c2ccc(-c3ccccc3)cc2)cc1. The second kappa shape index (κ2) is 21.2. The second-order valence-corrected chi connectivity index (χ2v) is 18.2. The van der Waals surface area contributed by atoms with Crippen LogP contribution in [0.5, 0.6) is 0 Å². The van der Waals surface area contributed by atoms with Crippen molar-refractivity contribution in [2.45, 2.75) is 0 Å². The Labute approximate surface area is 430 Å². The fourth-order valence-electron chi connectivity index (χ4n) is 9.87. The summed E-state index contributed by atoms with van der Waals surface area (Å²) in [5.41, 5.74) is 23.9. The third-order valence-corrected chi connectivity index (χ3v) is 13.7. The smallest absolute Gasteiger partial charge is 0.0468 e. The molecular formula is C72H53N. The Hall–Kier alpha value is -9.56. The molecule has 0 fully saturated rings. The quantitative estimate of drug-likeness (QED) is 0.0982. The number of rotatable bonds is 14. The first-order chi connectivity index (χ1) is 36.1. The summed E-state index contributed by atoms with van der Waals surface area (Å²) in [6, 6.07) is 101. The van der Waals surface area contributed by atoms with Crippen molar-refractivity contribution in [1.82, 2.24) is 0 Å². The highest BCUT2D eigenvalue weighted by atomic mass is 15.1. The molecule has 0 saturated carbocycles. The van der Waals surface area contributed by atoms with Crippen LogP contribution in [0.25, 0.3) is 94.6 Å². The van der Waals surface area contributed by atoms with Gasteiger partial charge in [-0.05, 0) is 137 Å². The first kappa shape index (κ1) is 45.9. The first-order valence-electron chi connectivity index (χ1n) is 24.9. The zero-order valence-electron chi connectivity index (χ0n) is 40.7. The van der Waals surface area contributed by atoms with Crippen molar-refractivity contribution in [2.24, 2.45) is 0 Å². The predicted molar refractivity (Wildman–Crippen MR) is 313 cm³/mol. The summed E-state index contributed by atoms with van der Waals surface area (Å²) >= 11 is 0. The maximum Gasteiger partial charge on any atom is 0.0468 e. The van der Waals surface area contributed by atoms with Crippen LogP contribution in [0, 0.1) is 0 Å². The molecule has 11 aromatic rings. The molecule has 0 aromatic heterocycles. The minimum atomic E-state index is 1.03. The van der Waals surface area contributed by atoms with E-state index in [1.54, 1.807) is 0 Å². The van der Waals surface area contributed by atoms with Crippen LogP contribution in [0.2, 0.25) is 0 Å². The number of hydrogen-bond donors (Lipinski definition) is 0. The molecule has 73 heavy (non-hydrogen) atoms. The lowest BCUT2D eigenvalue weighted by atomic mass is 9.90. The molecule has 346 valence electrons. The molecule has 0 spiro atoms. The van der Waals surface area contributed by atoms with Crippen molar-refractivity contribution in [2.75, 3.05) is 4.90 Å². The van der Waals surface area contributed by atoms with Crippen LogP contribution in [0.15, 0.2) is 310 Å². The predicted octanol–water partition coefficient (Wildman–Crippen LogP) is 20.2. The molecule has 0 aliphatic heterocycles. The zero-order chi connectivity index (χ0) is 49.3. The number of hydrogen-bond acceptors (Lipinski definition) is 1. The van der Waals surface area contributed by atoms with E-state index >= 15 is 0 Å². The largest absolute Gasteiger partial charge is 0.310 e. The van der Waals surface area contributed by atoms with E-state index in [4.69, 9.17) is 0 Å². The minimum absolute atomic E-state index is 1.03. The van der Waals surface area contributed by atoms with E-state index in [0.717, 1.165) is 72.7 Å². The summed E-state index contributed by atoms with van der Waals surface area (Å²) in [6.07, 6.45) is 5.69. The molecule has 0 radical (unpaired) electrons. The van der Waals surface area contributed by atoms with Gasteiger partial charge in [-0.1, -0.05) is 274 Å². The van der Waals surface area contributed by atoms with Gasteiger partial charge in [-0.25, -0.2) is 0 Å². The Morgan fingerprint density at radius 3 is 0.863 bits per heavy atom. The summed E-state index contributed by atoms with van der Waals surface area (Å²) in [5.74, 6) is 0. The van der Waals surface area contributed by atoms with Crippen LogP contribution in [0.1, 0.15) is 5.56 Å². The van der Waals surface area contributed by atoms with Gasteiger partial charge in [0.15, 0.2) is 0 Å². The van der Waals surface area contributed by atoms with E-state index < -0.39 is 0 Å². The van der Waals surface area contributed by atoms with Crippen molar-refractivity contribution < 1.29 is 0 Å². The Morgan fingerprint density at radius 1 is 0.260 bits per heavy atom. The maximum absolute atomic E-state index is 4.07. The average Bonchev–Trinajstić information content (AvgIpc) is 3.48. The monoisotopic (exact) mass is 931 g/mol. The van der Waals surface area contributed by atoms with Crippen LogP contribution in [0.3, 0.4) is 0 Å². The molecule has 0 amide bonds. The van der Waals surface area contributed by atoms with E-state index in [-0.39, 0.29) is 0 Å². The number of allylic oxidation sites excluding steroid dienone is 4. The highest BCUT2D eigenvalue weighted by Gasteiger charge is 2.20. The van der Waals surface area contributed by atoms with Crippen molar-refractivity contribution in [1.29, 1.82) is 0 Å². The molecule has 1 nitrogen and oxygen atoms in total. The Kier molecular flexibility index (Phi) is 13.3. The molecule has 0 aliphatic carbocycles. The van der Waals surface area contributed by atoms with E-state index in [2.05, 4.69) is 297 Å². The van der Waals surface area contributed by atoms with Gasteiger partial charge in [-0.15, -0.1) is 0 Å². The molecule has 11 rings (SSSR count). The van der Waals surface area contributed by atoms with Crippen LogP contribution in [0.4, 0.5) is 17.1 Å². The molecule has 0 aliphatic rings. The maximum atomic E-state index is 4.07. The third-order valence-electron chi connectivity index (χ3n) is 13.7. The van der Waals surface area contributed by atoms with Crippen LogP contribution < -0.4 is 4.90 Å². The number of nitrogens with zero attached hydrogens (tertiary/aromatic N) is 1. The average molecular weight is 932 g/mol. The van der Waals surface area contributed by atoms with Gasteiger partial charge in [0.1, 0.15) is 0 Å². The standard InChI is InChI=1S/C72H53N/c1-3-17-52(4-2)57-26-34-62(35-27-57)69-48-46-67(50-71(69)64-38-30-59(31-39-64)54-20-11-6-12-21-54)73(66-44-42-61(43-45-66)56-24-15-8-16-25-56)68-47-49-70(63-36-28-58(29-37-63)53-18-9-5-10-19-53)72(51-68)65-40-32-60(33-41-65)55-22-13-7-14-23-55/h3-51H,1-2H2/b52-17+. The molecule has 11 aromatic carbocycles. The molecule has 0 heterocycles. The molecule has 0 N–H and O–H groups in total. The van der Waals surface area contributed by atoms with Crippen molar-refractivity contribution in [3.63, 3.8) is 0 Å². The number of benzene rings is 11. The molecule has 0 saturated heterocycles. The summed E-state index contributed by atoms with van der Waals surface area (Å²) in [4.78, 5) is 2.41. The summed E-state index contributed by atoms with van der Waals surface area (Å²) in [6.45, 7) is 8.00. The third kappa shape index (κ3) is 9.95. The minimum Gasteiger partial charge on any atom is -0.310 e. The van der Waals surface area contributed by atoms with Crippen molar-refractivity contribution >= 4 is 22.6 Å². The lowest BCUT2D eigenvalue weighted by molar-refractivity contribution is 1.28. The highest BCUT2D eigenvalue weighted by Crippen LogP contribution is 2.45. The Bertz CT molecular complexity index is 3670. The normalized spacial score (nSPS) is 11.2. The van der Waals surface area contributed by atoms with Crippen LogP contribution in [-0.2, 0) is 0 Å².